The van der Waals surface area contributed by atoms with Crippen LogP contribution in [-0.2, 0) is 119 Å². The van der Waals surface area contributed by atoms with Crippen LogP contribution in [0.15, 0.2) is 0 Å². The van der Waals surface area contributed by atoms with Gasteiger partial charge in [0.2, 0.25) is 11.8 Å². The zero-order valence-electron chi connectivity index (χ0n) is 73.4. The maximum absolute atomic E-state index is 13.2. The highest BCUT2D eigenvalue weighted by Crippen LogP contribution is 2.43. The number of carbonyl (C=O) groups excluding carboxylic acids is 2. The van der Waals surface area contributed by atoms with Gasteiger partial charge in [-0.1, -0.05) is 0 Å². The van der Waals surface area contributed by atoms with Gasteiger partial charge in [-0.25, -0.2) is 0 Å². The SMILES string of the molecule is CC(=O)N[C@H]1[C@H](O[C@H]2[C@H](O)[C@@H](NC(C)=O)C(O)O[C@@H]2CO)O[C@H](CO)[C@@H](O[C@@H]2O[C@H](CO[C@H]3O[C@H](CO[C@H]4O[C@H](CO)[C@@H](O)[C@H](O)[C@@H]4O[C@H]4O[C@H](CO)[C@@H](O)[C@H](O[C@H]5O[C@H](CO)[C@@H](O)[C@H](O)[C@@H]5O)[C@@H]4O)[C@@H](O)[C@H](O[C@H]4O[C@H](CO)[C@@H](O)[C@H](O)[C@@H]4O)[C@@H]3O)[C@@H](O)[C@H](O[C@H]3O[C@H](CO)[C@@H](O)[C@H](O)[C@@H]3O[C@H]3O[C@H](CO)[C@@H](O)[C@H](O)[C@@H]3O[C@H]3O[C@H](CO)[C@@H](O)[C@H](O[C@H]4O[C@H](CO)[C@@H](O)[C@H](O)[C@@H]4O)[C@@H]3O)[C@@H]2O)[C@@H]1O. The van der Waals surface area contributed by atoms with E-state index in [1.807, 2.05) is 0 Å². The van der Waals surface area contributed by atoms with Crippen molar-refractivity contribution in [2.45, 2.75) is 382 Å². The van der Waals surface area contributed by atoms with Crippen LogP contribution < -0.4 is 10.6 Å². The molecule has 139 heavy (non-hydrogen) atoms. The van der Waals surface area contributed by atoms with Crippen molar-refractivity contribution >= 4 is 11.8 Å². The van der Waals surface area contributed by atoms with E-state index in [0.717, 1.165) is 13.8 Å². The minimum absolute atomic E-state index is 0.835. The molecule has 12 fully saturated rings. The summed E-state index contributed by atoms with van der Waals surface area (Å²) >= 11 is 0. The number of amides is 2. The molecule has 2 amide bonds. The largest absolute Gasteiger partial charge is 0.394 e. The van der Waals surface area contributed by atoms with Gasteiger partial charge in [-0.2, -0.15) is 0 Å². The molecular weight excluding hydrogens is 1920 g/mol. The van der Waals surface area contributed by atoms with E-state index >= 15 is 0 Å². The number of nitrogens with one attached hydrogen (secondary N) is 2. The molecule has 0 aromatic rings. The molecule has 12 aliphatic heterocycles. The minimum Gasteiger partial charge on any atom is -0.394 e. The summed E-state index contributed by atoms with van der Waals surface area (Å²) in [5.74, 6) is -1.85. The first-order valence-electron chi connectivity index (χ1n) is 44.2. The number of hydrogen-bond donors (Lipinski definition) is 38. The fraction of sp³-hybridized carbons (Fsp3) is 0.974. The van der Waals surface area contributed by atoms with E-state index < -0.39 is 459 Å². The van der Waals surface area contributed by atoms with Gasteiger partial charge in [0.15, 0.2) is 75.5 Å². The molecular formula is C76H128N2O61. The monoisotopic (exact) mass is 2040 g/mol. The van der Waals surface area contributed by atoms with Crippen LogP contribution in [0.25, 0.3) is 0 Å². The number of aliphatic hydroxyl groups is 36. The van der Waals surface area contributed by atoms with Gasteiger partial charge in [0.1, 0.15) is 293 Å². The number of aliphatic hydroxyl groups excluding tert-OH is 36. The van der Waals surface area contributed by atoms with Crippen LogP contribution in [-0.4, -0.2) is 643 Å². The number of ether oxygens (including phenoxy) is 23. The van der Waals surface area contributed by atoms with E-state index in [-0.39, 0.29) is 0 Å². The van der Waals surface area contributed by atoms with E-state index in [0.29, 0.717) is 0 Å². The second kappa shape index (κ2) is 49.8. The Balaban J connectivity index is 0.876. The lowest BCUT2D eigenvalue weighted by Crippen LogP contribution is -2.70. The molecule has 63 nitrogen and oxygen atoms in total. The summed E-state index contributed by atoms with van der Waals surface area (Å²) in [6.45, 7) is -12.3. The summed E-state index contributed by atoms with van der Waals surface area (Å²) in [5.41, 5.74) is 0. The highest BCUT2D eigenvalue weighted by atomic mass is 16.8. The summed E-state index contributed by atoms with van der Waals surface area (Å²) in [4.78, 5) is 25.4. The Morgan fingerprint density at radius 2 is 0.396 bits per heavy atom. The first-order valence-corrected chi connectivity index (χ1v) is 44.2. The van der Waals surface area contributed by atoms with Crippen LogP contribution in [0.1, 0.15) is 13.8 Å². The quantitative estimate of drug-likeness (QED) is 0.0277. The van der Waals surface area contributed by atoms with Crippen molar-refractivity contribution in [1.82, 2.24) is 10.6 Å². The molecule has 0 aromatic heterocycles. The van der Waals surface area contributed by atoms with Crippen LogP contribution in [0.4, 0.5) is 0 Å². The topological polar surface area (TPSA) is 999 Å². The van der Waals surface area contributed by atoms with Crippen LogP contribution >= 0.6 is 0 Å². The van der Waals surface area contributed by atoms with Gasteiger partial charge in [-0.15, -0.1) is 0 Å². The molecule has 0 spiro atoms. The molecule has 808 valence electrons. The lowest BCUT2D eigenvalue weighted by Gasteiger charge is -2.51. The average molecular weight is 2050 g/mol. The smallest absolute Gasteiger partial charge is 0.217 e. The summed E-state index contributed by atoms with van der Waals surface area (Å²) in [7, 11) is 0. The minimum atomic E-state index is -2.73. The summed E-state index contributed by atoms with van der Waals surface area (Å²) < 4.78 is 135. The zero-order chi connectivity index (χ0) is 102. The molecule has 1 unspecified atom stereocenters. The Hall–Kier alpha value is -3.42. The van der Waals surface area contributed by atoms with Gasteiger partial charge in [0, 0.05) is 13.8 Å². The predicted octanol–water partition coefficient (Wildman–Crippen LogP) is -26.9. The van der Waals surface area contributed by atoms with E-state index in [4.69, 9.17) is 109 Å². The summed E-state index contributed by atoms with van der Waals surface area (Å²) in [5, 5.41) is 407. The molecule has 12 aliphatic rings. The highest BCUT2D eigenvalue weighted by molar-refractivity contribution is 5.73. The lowest BCUT2D eigenvalue weighted by molar-refractivity contribution is -0.411. The Morgan fingerprint density at radius 1 is 0.187 bits per heavy atom. The molecule has 0 saturated carbocycles. The molecule has 12 heterocycles. The van der Waals surface area contributed by atoms with E-state index in [1.54, 1.807) is 0 Å². The average Bonchev–Trinajstić information content (AvgIpc) is 0.773. The molecule has 12 saturated heterocycles. The molecule has 60 atom stereocenters. The normalized spacial score (nSPS) is 51.9. The van der Waals surface area contributed by atoms with Crippen molar-refractivity contribution in [1.29, 1.82) is 0 Å². The van der Waals surface area contributed by atoms with Crippen LogP contribution in [0.2, 0.25) is 0 Å². The van der Waals surface area contributed by atoms with Crippen molar-refractivity contribution in [3.05, 3.63) is 0 Å². The third-order valence-electron chi connectivity index (χ3n) is 25.9. The Bertz CT molecular complexity index is 3730. The fourth-order valence-corrected chi connectivity index (χ4v) is 18.0. The van der Waals surface area contributed by atoms with E-state index in [1.165, 1.54) is 0 Å². The Labute approximate surface area is 784 Å². The van der Waals surface area contributed by atoms with Crippen molar-refractivity contribution < 1.29 is 302 Å². The summed E-state index contributed by atoms with van der Waals surface area (Å²) in [6.07, 6.45) is -129. The Morgan fingerprint density at radius 3 is 0.734 bits per heavy atom. The highest BCUT2D eigenvalue weighted by Gasteiger charge is 2.63. The first-order chi connectivity index (χ1) is 65.9. The van der Waals surface area contributed by atoms with E-state index in [2.05, 4.69) is 10.6 Å². The molecule has 63 heteroatoms. The Kier molecular flexibility index (Phi) is 41.0. The molecule has 0 aliphatic carbocycles. The molecule has 0 radical (unpaired) electrons. The van der Waals surface area contributed by atoms with Gasteiger partial charge in [0.25, 0.3) is 0 Å². The van der Waals surface area contributed by atoms with Crippen molar-refractivity contribution in [3.8, 4) is 0 Å². The molecule has 38 N–H and O–H groups in total. The van der Waals surface area contributed by atoms with Crippen LogP contribution in [0, 0.1) is 0 Å². The maximum Gasteiger partial charge on any atom is 0.217 e. The van der Waals surface area contributed by atoms with E-state index in [9.17, 15) is 193 Å². The van der Waals surface area contributed by atoms with Crippen molar-refractivity contribution in [2.75, 3.05) is 79.3 Å². The zero-order valence-corrected chi connectivity index (χ0v) is 73.4. The van der Waals surface area contributed by atoms with Gasteiger partial charge in [0.05, 0.1) is 79.3 Å². The first kappa shape index (κ1) is 114. The van der Waals surface area contributed by atoms with Crippen molar-refractivity contribution in [2.24, 2.45) is 0 Å². The second-order valence-electron chi connectivity index (χ2n) is 35.2. The third kappa shape index (κ3) is 24.5. The van der Waals surface area contributed by atoms with Crippen molar-refractivity contribution in [3.63, 3.8) is 0 Å². The predicted molar refractivity (Wildman–Crippen MR) is 418 cm³/mol. The standard InChI is InChI=1S/C76H128N2O61/c1-15(89)77-29-41(101)56(25(11-87)119-65(29)116)131-66-30(78-16(2)90)42(102)57(26(12-88)128-66)132-73-55(115)61(136-75-64(48(108)36(96)21(7-83)126-75)139-76-63(47(107)35(95)22(8-84)127-76)138-72-54(114)59(38(98)24(10-86)124-72)134-69-50(110)44(104)32(92)18(4-80)121-69)40(100)28(130-73)13-117-67-52(112)60(135-70-51(111)45(105)33(93)19(5-81)122-70)39(99)27(129-67)14-118-74-62(46(106)34(94)20(6-82)125-74)137-71-53(113)58(37(97)23(9-85)123-71)133-68-49(109)43(103)31(91)17(3-79)120-68/h17-76,79-88,91-116H,3-14H2,1-2H3,(H,77,89)(H,78,90)/t17-,18-,19-,20-,21-,22-,23-,24-,25-,26-,27-,28-,29-,30-,31-,32-,33-,34-,35-,36-,37-,38-,39-,40-,41-,42-,43+,44+,45+,46+,47+,48+,49+,50+,51+,52+,53+,54+,55+,56-,57-,58+,59+,60+,61+,62+,63+,64+,65?,66+,67+,68-,69-,70-,71-,72-,73+,74+,75-,76-/m1/s1. The van der Waals surface area contributed by atoms with Gasteiger partial charge < -0.3 is 303 Å². The molecule has 12 rings (SSSR count). The maximum atomic E-state index is 13.2. The fourth-order valence-electron chi connectivity index (χ4n) is 18.0. The molecule has 0 bridgehead atoms. The number of rotatable bonds is 36. The number of hydrogen-bond acceptors (Lipinski definition) is 61. The number of carbonyl (C=O) groups is 2. The lowest BCUT2D eigenvalue weighted by atomic mass is 9.94. The second-order valence-corrected chi connectivity index (χ2v) is 35.2. The van der Waals surface area contributed by atoms with Gasteiger partial charge in [-0.05, 0) is 0 Å². The van der Waals surface area contributed by atoms with Crippen LogP contribution in [0.5, 0.6) is 0 Å². The summed E-state index contributed by atoms with van der Waals surface area (Å²) in [6, 6.07) is -3.75. The van der Waals surface area contributed by atoms with Gasteiger partial charge in [-0.3, -0.25) is 9.59 Å². The van der Waals surface area contributed by atoms with Crippen LogP contribution in [0.3, 0.4) is 0 Å². The van der Waals surface area contributed by atoms with Gasteiger partial charge >= 0.3 is 0 Å². The molecule has 0 aromatic carbocycles. The third-order valence-corrected chi connectivity index (χ3v) is 25.9.